The normalized spacial score (nSPS) is 13.0. The van der Waals surface area contributed by atoms with E-state index in [9.17, 15) is 0 Å². The summed E-state index contributed by atoms with van der Waals surface area (Å²) in [5, 5.41) is 2.29. The van der Waals surface area contributed by atoms with Gasteiger partial charge in [0.2, 0.25) is 0 Å². The Balaban J connectivity index is 0.956. The van der Waals surface area contributed by atoms with Gasteiger partial charge in [0.1, 0.15) is 0 Å². The van der Waals surface area contributed by atoms with E-state index in [1.54, 1.807) is 0 Å². The number of anilines is 4. The summed E-state index contributed by atoms with van der Waals surface area (Å²) < 4.78 is 0. The van der Waals surface area contributed by atoms with E-state index in [0.717, 1.165) is 55.6 Å². The Morgan fingerprint density at radius 1 is 0.406 bits per heavy atom. The van der Waals surface area contributed by atoms with Crippen LogP contribution in [-0.4, -0.2) is 7.05 Å². The number of hydrogen-bond acceptors (Lipinski definition) is 2. The van der Waals surface area contributed by atoms with Crippen LogP contribution in [-0.2, 0) is 5.41 Å². The Kier molecular flexibility index (Phi) is 11.5. The highest BCUT2D eigenvalue weighted by Gasteiger charge is 2.46. The van der Waals surface area contributed by atoms with E-state index in [4.69, 9.17) is 0 Å². The molecule has 0 unspecified atom stereocenters. The number of nitrogens with zero attached hydrogens (tertiary/aromatic N) is 2. The molecule has 0 heterocycles. The molecule has 1 aliphatic rings. The summed E-state index contributed by atoms with van der Waals surface area (Å²) in [6.45, 7) is 6.42. The van der Waals surface area contributed by atoms with Crippen LogP contribution in [0.5, 0.6) is 0 Å². The van der Waals surface area contributed by atoms with Crippen LogP contribution in [0.1, 0.15) is 29.2 Å². The van der Waals surface area contributed by atoms with E-state index in [1.807, 2.05) is 6.08 Å². The zero-order valence-corrected chi connectivity index (χ0v) is 39.0. The molecule has 10 aromatic carbocycles. The zero-order chi connectivity index (χ0) is 46.7. The van der Waals surface area contributed by atoms with Crippen LogP contribution in [0.4, 0.5) is 22.7 Å². The average molecular weight is 885 g/mol. The summed E-state index contributed by atoms with van der Waals surface area (Å²) in [4.78, 5) is 4.66. The summed E-state index contributed by atoms with van der Waals surface area (Å²) in [5.74, 6) is 0. The molecule has 11 rings (SSSR count). The molecular weight excluding hydrogens is 833 g/mol. The van der Waals surface area contributed by atoms with Crippen molar-refractivity contribution in [1.29, 1.82) is 0 Å². The van der Waals surface area contributed by atoms with Gasteiger partial charge in [-0.1, -0.05) is 225 Å². The molecule has 0 aliphatic heterocycles. The smallest absolute Gasteiger partial charge is 0.0714 e. The number of benzene rings is 10. The molecule has 2 heteroatoms. The van der Waals surface area contributed by atoms with Gasteiger partial charge in [-0.25, -0.2) is 0 Å². The van der Waals surface area contributed by atoms with Crippen molar-refractivity contribution >= 4 is 34.5 Å². The lowest BCUT2D eigenvalue weighted by Crippen LogP contribution is -2.31. The molecule has 0 saturated carbocycles. The van der Waals surface area contributed by atoms with Crippen molar-refractivity contribution in [3.8, 4) is 44.5 Å². The van der Waals surface area contributed by atoms with E-state index in [2.05, 4.69) is 291 Å². The van der Waals surface area contributed by atoms with Crippen LogP contribution in [0.25, 0.3) is 56.3 Å². The lowest BCUT2D eigenvalue weighted by Gasteiger charge is -2.34. The van der Waals surface area contributed by atoms with Crippen molar-refractivity contribution in [2.24, 2.45) is 0 Å². The van der Waals surface area contributed by atoms with Crippen molar-refractivity contribution in [2.45, 2.75) is 12.3 Å². The lowest BCUT2D eigenvalue weighted by molar-refractivity contribution is 0.768. The number of hydrogen-bond donors (Lipinski definition) is 0. The van der Waals surface area contributed by atoms with Gasteiger partial charge in [0.15, 0.2) is 0 Å². The maximum Gasteiger partial charge on any atom is 0.0714 e. The maximum atomic E-state index is 4.33. The Labute approximate surface area is 406 Å². The molecule has 2 nitrogen and oxygen atoms in total. The molecule has 0 N–H and O–H groups in total. The van der Waals surface area contributed by atoms with Crippen LogP contribution >= 0.6 is 0 Å². The summed E-state index contributed by atoms with van der Waals surface area (Å²) >= 11 is 0. The van der Waals surface area contributed by atoms with Gasteiger partial charge < -0.3 is 9.80 Å². The van der Waals surface area contributed by atoms with E-state index >= 15 is 0 Å². The van der Waals surface area contributed by atoms with Gasteiger partial charge in [0, 0.05) is 40.6 Å². The van der Waals surface area contributed by atoms with Crippen LogP contribution in [0.2, 0.25) is 0 Å². The first-order valence-corrected chi connectivity index (χ1v) is 23.8. The summed E-state index contributed by atoms with van der Waals surface area (Å²) in [5.41, 5.74) is 19.6. The monoisotopic (exact) mass is 884 g/mol. The lowest BCUT2D eigenvalue weighted by atomic mass is 9.67. The van der Waals surface area contributed by atoms with Crippen molar-refractivity contribution in [3.63, 3.8) is 0 Å². The molecule has 0 aromatic heterocycles. The Hall–Kier alpha value is -8.72. The van der Waals surface area contributed by atoms with Crippen LogP contribution in [0.15, 0.2) is 267 Å². The van der Waals surface area contributed by atoms with Crippen LogP contribution < -0.4 is 20.2 Å². The van der Waals surface area contributed by atoms with Gasteiger partial charge in [-0.15, -0.1) is 0 Å². The van der Waals surface area contributed by atoms with E-state index in [-0.39, 0.29) is 0 Å². The molecule has 0 fully saturated rings. The van der Waals surface area contributed by atoms with Crippen LogP contribution in [0.3, 0.4) is 0 Å². The highest BCUT2D eigenvalue weighted by molar-refractivity contribution is 5.92. The molecule has 330 valence electrons. The third kappa shape index (κ3) is 7.57. The molecule has 0 bridgehead atoms. The maximum absolute atomic E-state index is 4.33. The summed E-state index contributed by atoms with van der Waals surface area (Å²) in [7, 11) is 2.20. The molecule has 1 aliphatic carbocycles. The minimum atomic E-state index is -0.466. The van der Waals surface area contributed by atoms with E-state index in [1.165, 1.54) is 50.1 Å². The average Bonchev–Trinajstić information content (AvgIpc) is 3.73. The predicted octanol–water partition coefficient (Wildman–Crippen LogP) is 15.8. The molecule has 10 aromatic rings. The SMILES string of the molecule is C=C/C(=c1/cccc/c1=C/C)N(c1ccccc1)c1cccc(-c2ccccc2-c2ccc(-c3ccccc3N(C)c3ccc4c(c3)C(c3ccccc3)(c3ccccc3)c3ccccc3-4)cc2)c1. The first kappa shape index (κ1) is 42.9. The van der Waals surface area contributed by atoms with Crippen molar-refractivity contribution < 1.29 is 0 Å². The van der Waals surface area contributed by atoms with Gasteiger partial charge in [0.05, 0.1) is 11.1 Å². The summed E-state index contributed by atoms with van der Waals surface area (Å²) in [6, 6.07) is 92.6. The second-order valence-corrected chi connectivity index (χ2v) is 17.6. The molecule has 0 spiro atoms. The highest BCUT2D eigenvalue weighted by atomic mass is 15.1. The first-order valence-electron chi connectivity index (χ1n) is 23.8. The third-order valence-electron chi connectivity index (χ3n) is 13.9. The molecule has 69 heavy (non-hydrogen) atoms. The second kappa shape index (κ2) is 18.5. The molecule has 0 atom stereocenters. The zero-order valence-electron chi connectivity index (χ0n) is 39.0. The highest BCUT2D eigenvalue weighted by Crippen LogP contribution is 2.57. The Morgan fingerprint density at radius 2 is 0.928 bits per heavy atom. The predicted molar refractivity (Wildman–Crippen MR) is 293 cm³/mol. The number of para-hydroxylation sites is 2. The first-order chi connectivity index (χ1) is 34.1. The fourth-order valence-corrected chi connectivity index (χ4v) is 10.7. The largest absolute Gasteiger partial charge is 0.344 e. The quantitative estimate of drug-likeness (QED) is 0.128. The van der Waals surface area contributed by atoms with Crippen molar-refractivity contribution in [3.05, 3.63) is 300 Å². The van der Waals surface area contributed by atoms with Gasteiger partial charge in [0.25, 0.3) is 0 Å². The Bertz CT molecular complexity index is 3550. The van der Waals surface area contributed by atoms with Gasteiger partial charge in [-0.05, 0) is 122 Å². The number of rotatable bonds is 11. The van der Waals surface area contributed by atoms with Gasteiger partial charge >= 0.3 is 0 Å². The fourth-order valence-electron chi connectivity index (χ4n) is 10.7. The second-order valence-electron chi connectivity index (χ2n) is 17.6. The molecule has 0 saturated heterocycles. The topological polar surface area (TPSA) is 6.48 Å². The minimum Gasteiger partial charge on any atom is -0.344 e. The minimum absolute atomic E-state index is 0.466. The standard InChI is InChI=1S/C67H52N2/c1-4-48-24-15-16-35-59(48)65(5-2)69(54-30-13-8-14-31-54)56-32-23-25-51(46-56)58-34-18-17-33-57(58)49-40-42-50(43-41-49)60-36-20-22-39-66(60)68(3)55-44-45-62-61-37-19-21-38-63(61)67(64(62)47-55,52-26-9-6-10-27-52)53-28-11-7-12-29-53/h4-47H,2H2,1,3H3/b48-4-,65-59+. The third-order valence-corrected chi connectivity index (χ3v) is 13.9. The van der Waals surface area contributed by atoms with Crippen molar-refractivity contribution in [2.75, 3.05) is 16.8 Å². The van der Waals surface area contributed by atoms with Gasteiger partial charge in [-0.3, -0.25) is 0 Å². The van der Waals surface area contributed by atoms with E-state index < -0.39 is 5.41 Å². The van der Waals surface area contributed by atoms with E-state index in [0.29, 0.717) is 0 Å². The van der Waals surface area contributed by atoms with Crippen molar-refractivity contribution in [1.82, 2.24) is 0 Å². The molecular formula is C67H52N2. The van der Waals surface area contributed by atoms with Gasteiger partial charge in [-0.2, -0.15) is 0 Å². The number of fused-ring (bicyclic) bond motifs is 3. The molecule has 0 amide bonds. The molecule has 0 radical (unpaired) electrons. The Morgan fingerprint density at radius 3 is 1.59 bits per heavy atom. The summed E-state index contributed by atoms with van der Waals surface area (Å²) in [6.07, 6.45) is 4.13. The fraction of sp³-hybridized carbons (Fsp3) is 0.0448. The van der Waals surface area contributed by atoms with Crippen LogP contribution in [0, 0.1) is 0 Å².